The summed E-state index contributed by atoms with van der Waals surface area (Å²) < 4.78 is 40.0. The van der Waals surface area contributed by atoms with Crippen molar-refractivity contribution < 1.29 is 27.8 Å². The van der Waals surface area contributed by atoms with Gasteiger partial charge in [-0.1, -0.05) is 12.8 Å². The molecule has 2 atom stereocenters. The van der Waals surface area contributed by atoms with Gasteiger partial charge >= 0.3 is 5.97 Å². The van der Waals surface area contributed by atoms with Gasteiger partial charge in [-0.05, 0) is 31.0 Å². The van der Waals surface area contributed by atoms with Crippen LogP contribution in [0, 0.1) is 5.82 Å². The van der Waals surface area contributed by atoms with Crippen molar-refractivity contribution in [2.24, 2.45) is 0 Å². The lowest BCUT2D eigenvalue weighted by atomic mass is 9.93. The molecule has 6 nitrogen and oxygen atoms in total. The number of aromatic carboxylic acids is 1. The minimum absolute atomic E-state index is 0.334. The molecule has 1 saturated carbocycles. The molecule has 1 aliphatic carbocycles. The molecule has 1 aromatic carbocycles. The van der Waals surface area contributed by atoms with E-state index in [-0.39, 0.29) is 4.90 Å². The van der Waals surface area contributed by atoms with E-state index < -0.39 is 39.5 Å². The van der Waals surface area contributed by atoms with Gasteiger partial charge < -0.3 is 10.2 Å². The molecule has 0 amide bonds. The van der Waals surface area contributed by atoms with Gasteiger partial charge in [-0.25, -0.2) is 22.3 Å². The Morgan fingerprint density at radius 2 is 1.95 bits per heavy atom. The number of hydrogen-bond acceptors (Lipinski definition) is 4. The van der Waals surface area contributed by atoms with E-state index in [1.54, 1.807) is 0 Å². The Hall–Kier alpha value is -1.51. The van der Waals surface area contributed by atoms with Crippen molar-refractivity contribution in [3.8, 4) is 0 Å². The second-order valence-electron chi connectivity index (χ2n) is 5.03. The fraction of sp³-hybridized carbons (Fsp3) is 0.462. The Labute approximate surface area is 121 Å². The monoisotopic (exact) mass is 317 g/mol. The van der Waals surface area contributed by atoms with Gasteiger partial charge in [0.15, 0.2) is 0 Å². The van der Waals surface area contributed by atoms with E-state index in [4.69, 9.17) is 5.11 Å². The summed E-state index contributed by atoms with van der Waals surface area (Å²) in [5.74, 6) is -2.54. The maximum atomic E-state index is 13.3. The van der Waals surface area contributed by atoms with Crippen LogP contribution in [-0.4, -0.2) is 36.7 Å². The average Bonchev–Trinajstić information content (AvgIpc) is 2.41. The zero-order valence-corrected chi connectivity index (χ0v) is 11.9. The lowest BCUT2D eigenvalue weighted by Gasteiger charge is -2.28. The van der Waals surface area contributed by atoms with E-state index in [0.717, 1.165) is 31.0 Å². The van der Waals surface area contributed by atoms with Crippen LogP contribution >= 0.6 is 0 Å². The molecular weight excluding hydrogens is 301 g/mol. The van der Waals surface area contributed by atoms with Crippen molar-refractivity contribution in [2.45, 2.75) is 42.7 Å². The van der Waals surface area contributed by atoms with Gasteiger partial charge in [0.25, 0.3) is 0 Å². The van der Waals surface area contributed by atoms with E-state index in [2.05, 4.69) is 4.72 Å². The number of carbonyl (C=O) groups is 1. The molecular formula is C13H16FNO5S. The highest BCUT2D eigenvalue weighted by Crippen LogP contribution is 2.21. The SMILES string of the molecule is O=C(O)c1cc(S(=O)(=O)N[C@@H]2CCCC[C@H]2O)ccc1F. The standard InChI is InChI=1S/C13H16FNO5S/c14-10-6-5-8(7-9(10)13(17)18)21(19,20)15-11-3-1-2-4-12(11)16/h5-7,11-12,15-16H,1-4H2,(H,17,18)/t11-,12-/m1/s1. The van der Waals surface area contributed by atoms with Crippen molar-refractivity contribution >= 4 is 16.0 Å². The van der Waals surface area contributed by atoms with Crippen molar-refractivity contribution in [1.82, 2.24) is 4.72 Å². The number of rotatable bonds is 4. The van der Waals surface area contributed by atoms with E-state index in [0.29, 0.717) is 12.8 Å². The van der Waals surface area contributed by atoms with Crippen LogP contribution < -0.4 is 4.72 Å². The summed E-state index contributed by atoms with van der Waals surface area (Å²) in [4.78, 5) is 10.5. The Morgan fingerprint density at radius 1 is 1.29 bits per heavy atom. The summed E-state index contributed by atoms with van der Waals surface area (Å²) >= 11 is 0. The van der Waals surface area contributed by atoms with E-state index in [1.165, 1.54) is 0 Å². The molecule has 0 bridgehead atoms. The van der Waals surface area contributed by atoms with Gasteiger partial charge in [-0.15, -0.1) is 0 Å². The van der Waals surface area contributed by atoms with Crippen LogP contribution in [0.4, 0.5) is 4.39 Å². The number of carboxylic acid groups (broad SMARTS) is 1. The molecule has 21 heavy (non-hydrogen) atoms. The Balaban J connectivity index is 2.27. The first-order valence-corrected chi connectivity index (χ1v) is 8.03. The van der Waals surface area contributed by atoms with Crippen LogP contribution in [0.15, 0.2) is 23.1 Å². The van der Waals surface area contributed by atoms with E-state index in [1.807, 2.05) is 0 Å². The fourth-order valence-electron chi connectivity index (χ4n) is 2.35. The number of benzene rings is 1. The lowest BCUT2D eigenvalue weighted by Crippen LogP contribution is -2.44. The van der Waals surface area contributed by atoms with Crippen LogP contribution in [-0.2, 0) is 10.0 Å². The van der Waals surface area contributed by atoms with Gasteiger partial charge in [0.2, 0.25) is 10.0 Å². The van der Waals surface area contributed by atoms with Crippen molar-refractivity contribution in [3.05, 3.63) is 29.6 Å². The minimum Gasteiger partial charge on any atom is -0.478 e. The molecule has 0 heterocycles. The summed E-state index contributed by atoms with van der Waals surface area (Å²) in [6.07, 6.45) is 1.88. The number of sulfonamides is 1. The Bertz CT molecular complexity index is 646. The second kappa shape index (κ2) is 6.08. The summed E-state index contributed by atoms with van der Waals surface area (Å²) in [5.41, 5.74) is -0.706. The summed E-state index contributed by atoms with van der Waals surface area (Å²) in [6, 6.07) is 1.96. The molecule has 0 saturated heterocycles. The average molecular weight is 317 g/mol. The first-order valence-electron chi connectivity index (χ1n) is 6.54. The molecule has 3 N–H and O–H groups in total. The highest BCUT2D eigenvalue weighted by molar-refractivity contribution is 7.89. The summed E-state index contributed by atoms with van der Waals surface area (Å²) in [7, 11) is -4.01. The highest BCUT2D eigenvalue weighted by atomic mass is 32.2. The number of hydrogen-bond donors (Lipinski definition) is 3. The van der Waals surface area contributed by atoms with Gasteiger partial charge in [-0.3, -0.25) is 0 Å². The van der Waals surface area contributed by atoms with Crippen molar-refractivity contribution in [1.29, 1.82) is 0 Å². The number of carboxylic acids is 1. The predicted octanol–water partition coefficient (Wildman–Crippen LogP) is 1.11. The quantitative estimate of drug-likeness (QED) is 0.771. The zero-order valence-electron chi connectivity index (χ0n) is 11.1. The summed E-state index contributed by atoms with van der Waals surface area (Å²) in [6.45, 7) is 0. The van der Waals surface area contributed by atoms with Gasteiger partial charge in [0.1, 0.15) is 5.82 Å². The first-order chi connectivity index (χ1) is 9.81. The number of halogens is 1. The van der Waals surface area contributed by atoms with E-state index in [9.17, 15) is 22.7 Å². The van der Waals surface area contributed by atoms with Crippen LogP contribution in [0.3, 0.4) is 0 Å². The minimum atomic E-state index is -4.01. The van der Waals surface area contributed by atoms with Crippen LogP contribution in [0.1, 0.15) is 36.0 Å². The largest absolute Gasteiger partial charge is 0.478 e. The number of aliphatic hydroxyl groups excluding tert-OH is 1. The topological polar surface area (TPSA) is 104 Å². The molecule has 0 aromatic heterocycles. The molecule has 2 rings (SSSR count). The smallest absolute Gasteiger partial charge is 0.338 e. The Morgan fingerprint density at radius 3 is 2.57 bits per heavy atom. The van der Waals surface area contributed by atoms with Gasteiger partial charge in [0, 0.05) is 6.04 Å². The maximum Gasteiger partial charge on any atom is 0.338 e. The second-order valence-corrected chi connectivity index (χ2v) is 6.74. The van der Waals surface area contributed by atoms with Gasteiger partial charge in [0.05, 0.1) is 16.6 Å². The van der Waals surface area contributed by atoms with E-state index >= 15 is 0 Å². The summed E-state index contributed by atoms with van der Waals surface area (Å²) in [5, 5.41) is 18.6. The molecule has 1 aliphatic rings. The molecule has 0 unspecified atom stereocenters. The molecule has 0 spiro atoms. The number of aliphatic hydroxyl groups is 1. The molecule has 116 valence electrons. The van der Waals surface area contributed by atoms with Gasteiger partial charge in [-0.2, -0.15) is 0 Å². The third-order valence-corrected chi connectivity index (χ3v) is 5.00. The van der Waals surface area contributed by atoms with Crippen LogP contribution in [0.2, 0.25) is 0 Å². The fourth-order valence-corrected chi connectivity index (χ4v) is 3.68. The molecule has 0 radical (unpaired) electrons. The normalized spacial score (nSPS) is 23.0. The molecule has 1 fully saturated rings. The lowest BCUT2D eigenvalue weighted by molar-refractivity contribution is 0.0691. The number of nitrogens with one attached hydrogen (secondary N) is 1. The highest BCUT2D eigenvalue weighted by Gasteiger charge is 2.28. The maximum absolute atomic E-state index is 13.3. The van der Waals surface area contributed by atoms with Crippen LogP contribution in [0.25, 0.3) is 0 Å². The first kappa shape index (κ1) is 15.9. The zero-order chi connectivity index (χ0) is 15.6. The third kappa shape index (κ3) is 3.58. The predicted molar refractivity (Wildman–Crippen MR) is 71.9 cm³/mol. The van der Waals surface area contributed by atoms with Crippen molar-refractivity contribution in [2.75, 3.05) is 0 Å². The Kier molecular flexibility index (Phi) is 4.60. The molecule has 1 aromatic rings. The molecule has 8 heteroatoms. The van der Waals surface area contributed by atoms with Crippen LogP contribution in [0.5, 0.6) is 0 Å². The molecule has 0 aliphatic heterocycles. The third-order valence-electron chi connectivity index (χ3n) is 3.51. The van der Waals surface area contributed by atoms with Crippen molar-refractivity contribution in [3.63, 3.8) is 0 Å².